The Kier molecular flexibility index (Phi) is 4.28. The minimum Gasteiger partial charge on any atom is -0.465 e. The molecule has 0 unspecified atom stereocenters. The van der Waals surface area contributed by atoms with E-state index in [0.717, 1.165) is 21.4 Å². The average molecular weight is 337 g/mol. The van der Waals surface area contributed by atoms with Gasteiger partial charge in [-0.05, 0) is 48.8 Å². The van der Waals surface area contributed by atoms with Crippen LogP contribution in [0.3, 0.4) is 0 Å². The van der Waals surface area contributed by atoms with Gasteiger partial charge in [0.05, 0.1) is 22.8 Å². The molecule has 0 atom stereocenters. The van der Waals surface area contributed by atoms with Crippen LogP contribution in [0.25, 0.3) is 11.3 Å². The molecule has 2 aromatic heterocycles. The number of ether oxygens (including phenoxy) is 1. The van der Waals surface area contributed by atoms with Crippen molar-refractivity contribution in [3.63, 3.8) is 0 Å². The molecule has 0 radical (unpaired) electrons. The maximum atomic E-state index is 12.0. The lowest BCUT2D eigenvalue weighted by atomic mass is 10.1. The molecule has 2 aromatic rings. The number of pyridine rings is 1. The fourth-order valence-corrected chi connectivity index (χ4v) is 3.30. The van der Waals surface area contributed by atoms with Crippen molar-refractivity contribution in [3.05, 3.63) is 40.3 Å². The van der Waals surface area contributed by atoms with Gasteiger partial charge in [-0.3, -0.25) is 4.98 Å². The molecule has 106 valence electrons. The number of aromatic nitrogens is 2. The quantitative estimate of drug-likeness (QED) is 0.796. The molecule has 0 bridgehead atoms. The van der Waals surface area contributed by atoms with Crippen LogP contribution in [0.1, 0.15) is 35.9 Å². The number of hydrogen-bond acceptors (Lipinski definition) is 3. The summed E-state index contributed by atoms with van der Waals surface area (Å²) in [5.74, 6) is -0.330. The molecule has 0 aliphatic rings. The highest BCUT2D eigenvalue weighted by Gasteiger charge is 2.26. The van der Waals surface area contributed by atoms with Crippen LogP contribution in [-0.4, -0.2) is 22.6 Å². The molecule has 0 amide bonds. The number of carbonyl (C=O) groups is 1. The van der Waals surface area contributed by atoms with Gasteiger partial charge in [-0.1, -0.05) is 0 Å². The normalized spacial score (nSPS) is 10.9. The first-order valence-electron chi connectivity index (χ1n) is 6.38. The van der Waals surface area contributed by atoms with Gasteiger partial charge in [0.15, 0.2) is 0 Å². The lowest BCUT2D eigenvalue weighted by Crippen LogP contribution is -2.07. The summed E-state index contributed by atoms with van der Waals surface area (Å²) in [6.07, 6.45) is 3.49. The third-order valence-electron chi connectivity index (χ3n) is 3.25. The van der Waals surface area contributed by atoms with Crippen LogP contribution in [0, 0.1) is 6.92 Å². The highest BCUT2D eigenvalue weighted by Crippen LogP contribution is 2.38. The standard InChI is InChI=1S/C15H17BrN2O2/c1-9(2)18-10(3)12(15(19)20-4)13(16)14(18)11-5-7-17-8-6-11/h5-9H,1-4H3. The molecule has 0 spiro atoms. The maximum absolute atomic E-state index is 12.0. The fraction of sp³-hybridized carbons (Fsp3) is 0.333. The van der Waals surface area contributed by atoms with Gasteiger partial charge in [0.1, 0.15) is 0 Å². The van der Waals surface area contributed by atoms with Gasteiger partial charge in [-0.15, -0.1) is 0 Å². The van der Waals surface area contributed by atoms with Gasteiger partial charge in [0.25, 0.3) is 0 Å². The maximum Gasteiger partial charge on any atom is 0.340 e. The lowest BCUT2D eigenvalue weighted by Gasteiger charge is -2.16. The van der Waals surface area contributed by atoms with Crippen molar-refractivity contribution >= 4 is 21.9 Å². The van der Waals surface area contributed by atoms with Crippen LogP contribution in [-0.2, 0) is 4.74 Å². The van der Waals surface area contributed by atoms with Crippen molar-refractivity contribution in [2.24, 2.45) is 0 Å². The molecule has 5 heteroatoms. The molecule has 20 heavy (non-hydrogen) atoms. The van der Waals surface area contributed by atoms with Crippen LogP contribution in [0.5, 0.6) is 0 Å². The molecule has 0 fully saturated rings. The minimum atomic E-state index is -0.330. The summed E-state index contributed by atoms with van der Waals surface area (Å²) >= 11 is 3.56. The van der Waals surface area contributed by atoms with Crippen molar-refractivity contribution in [2.45, 2.75) is 26.8 Å². The predicted octanol–water partition coefficient (Wildman–Crippen LogP) is 3.99. The van der Waals surface area contributed by atoms with E-state index in [2.05, 4.69) is 39.3 Å². The van der Waals surface area contributed by atoms with E-state index in [9.17, 15) is 4.79 Å². The zero-order chi connectivity index (χ0) is 14.9. The van der Waals surface area contributed by atoms with Crippen LogP contribution >= 0.6 is 15.9 Å². The number of nitrogens with zero attached hydrogens (tertiary/aromatic N) is 2. The number of methoxy groups -OCH3 is 1. The summed E-state index contributed by atoms with van der Waals surface area (Å²) in [7, 11) is 1.40. The number of carbonyl (C=O) groups excluding carboxylic acids is 1. The van der Waals surface area contributed by atoms with Crippen LogP contribution in [0.4, 0.5) is 0 Å². The van der Waals surface area contributed by atoms with E-state index in [4.69, 9.17) is 4.74 Å². The topological polar surface area (TPSA) is 44.1 Å². The summed E-state index contributed by atoms with van der Waals surface area (Å²) in [6, 6.07) is 4.09. The molecule has 0 aromatic carbocycles. The molecule has 0 aliphatic heterocycles. The first-order valence-corrected chi connectivity index (χ1v) is 7.17. The van der Waals surface area contributed by atoms with Gasteiger partial charge < -0.3 is 9.30 Å². The number of halogens is 1. The third kappa shape index (κ3) is 2.38. The Balaban J connectivity index is 2.77. The number of rotatable bonds is 3. The largest absolute Gasteiger partial charge is 0.465 e. The summed E-state index contributed by atoms with van der Waals surface area (Å²) in [5.41, 5.74) is 3.46. The molecule has 2 heterocycles. The van der Waals surface area contributed by atoms with E-state index < -0.39 is 0 Å². The van der Waals surface area contributed by atoms with E-state index in [1.807, 2.05) is 19.1 Å². The Morgan fingerprint density at radius 2 is 1.95 bits per heavy atom. The van der Waals surface area contributed by atoms with Crippen molar-refractivity contribution in [1.82, 2.24) is 9.55 Å². The second-order valence-corrected chi connectivity index (χ2v) is 5.61. The van der Waals surface area contributed by atoms with Gasteiger partial charge in [0, 0.05) is 29.7 Å². The molecular weight excluding hydrogens is 320 g/mol. The Bertz CT molecular complexity index is 633. The van der Waals surface area contributed by atoms with E-state index >= 15 is 0 Å². The first-order chi connectivity index (χ1) is 9.49. The third-order valence-corrected chi connectivity index (χ3v) is 4.02. The monoisotopic (exact) mass is 336 g/mol. The van der Waals surface area contributed by atoms with Crippen molar-refractivity contribution in [3.8, 4) is 11.3 Å². The van der Waals surface area contributed by atoms with E-state index in [1.54, 1.807) is 12.4 Å². The highest BCUT2D eigenvalue weighted by molar-refractivity contribution is 9.10. The molecular formula is C15H17BrN2O2. The SMILES string of the molecule is COC(=O)c1c(Br)c(-c2ccncc2)n(C(C)C)c1C. The number of hydrogen-bond donors (Lipinski definition) is 0. The zero-order valence-electron chi connectivity index (χ0n) is 12.0. The smallest absolute Gasteiger partial charge is 0.340 e. The summed E-state index contributed by atoms with van der Waals surface area (Å²) in [4.78, 5) is 16.0. The van der Waals surface area contributed by atoms with Gasteiger partial charge >= 0.3 is 5.97 Å². The molecule has 0 N–H and O–H groups in total. The summed E-state index contributed by atoms with van der Waals surface area (Å²) < 4.78 is 7.78. The Morgan fingerprint density at radius 3 is 2.45 bits per heavy atom. The Morgan fingerprint density at radius 1 is 1.35 bits per heavy atom. The average Bonchev–Trinajstić information content (AvgIpc) is 2.70. The minimum absolute atomic E-state index is 0.230. The molecule has 0 saturated heterocycles. The van der Waals surface area contributed by atoms with Crippen molar-refractivity contribution in [2.75, 3.05) is 7.11 Å². The summed E-state index contributed by atoms with van der Waals surface area (Å²) in [5, 5.41) is 0. The molecule has 0 aliphatic carbocycles. The van der Waals surface area contributed by atoms with Gasteiger partial charge in [-0.2, -0.15) is 0 Å². The lowest BCUT2D eigenvalue weighted by molar-refractivity contribution is 0.0599. The fourth-order valence-electron chi connectivity index (χ4n) is 2.43. The Hall–Kier alpha value is -1.62. The predicted molar refractivity (Wildman–Crippen MR) is 81.8 cm³/mol. The van der Waals surface area contributed by atoms with Crippen molar-refractivity contribution < 1.29 is 9.53 Å². The highest BCUT2D eigenvalue weighted by atomic mass is 79.9. The molecule has 2 rings (SSSR count). The first kappa shape index (κ1) is 14.8. The van der Waals surface area contributed by atoms with Crippen LogP contribution < -0.4 is 0 Å². The van der Waals surface area contributed by atoms with E-state index in [0.29, 0.717) is 5.56 Å². The van der Waals surface area contributed by atoms with Gasteiger partial charge in [0.2, 0.25) is 0 Å². The van der Waals surface area contributed by atoms with E-state index in [1.165, 1.54) is 7.11 Å². The van der Waals surface area contributed by atoms with Crippen molar-refractivity contribution in [1.29, 1.82) is 0 Å². The second-order valence-electron chi connectivity index (χ2n) is 4.81. The summed E-state index contributed by atoms with van der Waals surface area (Å²) in [6.45, 7) is 6.11. The zero-order valence-corrected chi connectivity index (χ0v) is 13.6. The van der Waals surface area contributed by atoms with Crippen LogP contribution in [0.2, 0.25) is 0 Å². The van der Waals surface area contributed by atoms with Crippen LogP contribution in [0.15, 0.2) is 29.0 Å². The number of esters is 1. The molecule has 4 nitrogen and oxygen atoms in total. The van der Waals surface area contributed by atoms with E-state index in [-0.39, 0.29) is 12.0 Å². The Labute approximate surface area is 126 Å². The molecule has 0 saturated carbocycles. The second kappa shape index (κ2) is 5.79. The van der Waals surface area contributed by atoms with Gasteiger partial charge in [-0.25, -0.2) is 4.79 Å².